The van der Waals surface area contributed by atoms with E-state index in [-0.39, 0.29) is 12.0 Å². The molecule has 3 aromatic rings. The minimum absolute atomic E-state index is 0.172. The van der Waals surface area contributed by atoms with Crippen LogP contribution in [-0.4, -0.2) is 28.6 Å². The van der Waals surface area contributed by atoms with Crippen LogP contribution in [0, 0.1) is 0 Å². The zero-order chi connectivity index (χ0) is 22.0. The highest BCUT2D eigenvalue weighted by Gasteiger charge is 2.27. The molecule has 0 radical (unpaired) electrons. The fraction of sp³-hybridized carbons (Fsp3) is 0.250. The molecule has 3 heterocycles. The van der Waals surface area contributed by atoms with Crippen molar-refractivity contribution >= 4 is 34.9 Å². The molecule has 7 heteroatoms. The van der Waals surface area contributed by atoms with Crippen LogP contribution in [0.5, 0.6) is 5.75 Å². The van der Waals surface area contributed by atoms with E-state index >= 15 is 0 Å². The van der Waals surface area contributed by atoms with E-state index in [9.17, 15) is 9.90 Å². The van der Waals surface area contributed by atoms with Gasteiger partial charge in [0.15, 0.2) is 0 Å². The number of benzene rings is 1. The lowest BCUT2D eigenvalue weighted by Crippen LogP contribution is -2.33. The quantitative estimate of drug-likeness (QED) is 0.523. The summed E-state index contributed by atoms with van der Waals surface area (Å²) in [5, 5.41) is 13.6. The number of carbonyl (C=O) groups excluding carboxylic acids is 1. The lowest BCUT2D eigenvalue weighted by atomic mass is 10.0. The summed E-state index contributed by atoms with van der Waals surface area (Å²) < 4.78 is 5.98. The number of aromatic nitrogens is 1. The van der Waals surface area contributed by atoms with Gasteiger partial charge < -0.3 is 15.2 Å². The van der Waals surface area contributed by atoms with Crippen molar-refractivity contribution in [1.29, 1.82) is 0 Å². The first-order chi connectivity index (χ1) is 14.8. The smallest absolute Gasteiger partial charge is 0.244 e. The molecule has 0 bridgehead atoms. The van der Waals surface area contributed by atoms with Gasteiger partial charge >= 0.3 is 0 Å². The molecule has 1 unspecified atom stereocenters. The van der Waals surface area contributed by atoms with Crippen LogP contribution < -0.4 is 10.1 Å². The summed E-state index contributed by atoms with van der Waals surface area (Å²) in [6.45, 7) is 3.94. The third-order valence-corrected chi connectivity index (χ3v) is 6.69. The van der Waals surface area contributed by atoms with Gasteiger partial charge in [0, 0.05) is 40.2 Å². The third kappa shape index (κ3) is 5.15. The van der Waals surface area contributed by atoms with Crippen LogP contribution in [0.4, 0.5) is 0 Å². The van der Waals surface area contributed by atoms with Crippen molar-refractivity contribution in [3.8, 4) is 16.2 Å². The van der Waals surface area contributed by atoms with E-state index in [1.807, 2.05) is 30.3 Å². The Morgan fingerprint density at radius 2 is 2.23 bits per heavy atom. The number of aliphatic hydroxyl groups is 1. The normalized spacial score (nSPS) is 15.7. The molecule has 0 saturated heterocycles. The fourth-order valence-electron chi connectivity index (χ4n) is 3.39. The Morgan fingerprint density at radius 1 is 1.39 bits per heavy atom. The van der Waals surface area contributed by atoms with Crippen molar-refractivity contribution in [3.63, 3.8) is 0 Å². The molecule has 2 N–H and O–H groups in total. The van der Waals surface area contributed by atoms with Gasteiger partial charge in [0.1, 0.15) is 11.9 Å². The first kappa shape index (κ1) is 21.6. The minimum atomic E-state index is -0.874. The summed E-state index contributed by atoms with van der Waals surface area (Å²) in [6.07, 6.45) is 7.08. The summed E-state index contributed by atoms with van der Waals surface area (Å²) in [7, 11) is 0. The van der Waals surface area contributed by atoms with Crippen LogP contribution in [0.2, 0.25) is 5.02 Å². The van der Waals surface area contributed by atoms with Crippen molar-refractivity contribution in [2.45, 2.75) is 32.0 Å². The summed E-state index contributed by atoms with van der Waals surface area (Å²) >= 11 is 8.04. The molecule has 160 valence electrons. The molecule has 5 nitrogen and oxygen atoms in total. The monoisotopic (exact) mass is 454 g/mol. The van der Waals surface area contributed by atoms with E-state index in [1.165, 1.54) is 6.08 Å². The summed E-state index contributed by atoms with van der Waals surface area (Å²) in [6, 6.07) is 11.6. The molecule has 1 aromatic carbocycles. The third-order valence-electron chi connectivity index (χ3n) is 4.96. The van der Waals surface area contributed by atoms with Crippen LogP contribution in [0.15, 0.2) is 54.9 Å². The largest absolute Gasteiger partial charge is 0.486 e. The zero-order valence-electron chi connectivity index (χ0n) is 17.3. The van der Waals surface area contributed by atoms with Gasteiger partial charge in [0.05, 0.1) is 17.2 Å². The second-order valence-electron chi connectivity index (χ2n) is 7.98. The minimum Gasteiger partial charge on any atom is -0.486 e. The standard InChI is InChI=1S/C24H23ClN2O3S/c1-24(2,29)21-7-6-20(31-21)16-10-17-11-18(30-23(17)19(25)12-16)14-27-22(28)8-5-15-4-3-9-26-13-15/h3-10,12-13,18,29H,11,14H2,1-2H3,(H,27,28). The van der Waals surface area contributed by atoms with Gasteiger partial charge in [-0.15, -0.1) is 11.3 Å². The summed E-state index contributed by atoms with van der Waals surface area (Å²) in [5.74, 6) is 0.489. The topological polar surface area (TPSA) is 71.5 Å². The number of carbonyl (C=O) groups is 1. The van der Waals surface area contributed by atoms with Gasteiger partial charge in [-0.3, -0.25) is 9.78 Å². The van der Waals surface area contributed by atoms with Crippen LogP contribution in [0.25, 0.3) is 16.5 Å². The molecule has 31 heavy (non-hydrogen) atoms. The molecule has 4 rings (SSSR count). The number of pyridine rings is 1. The zero-order valence-corrected chi connectivity index (χ0v) is 18.8. The molecule has 0 fully saturated rings. The number of rotatable bonds is 6. The number of fused-ring (bicyclic) bond motifs is 1. The number of amides is 1. The molecular weight excluding hydrogens is 432 g/mol. The van der Waals surface area contributed by atoms with Crippen molar-refractivity contribution in [2.75, 3.05) is 6.54 Å². The molecular formula is C24H23ClN2O3S. The molecule has 1 atom stereocenters. The van der Waals surface area contributed by atoms with Gasteiger partial charge in [0.25, 0.3) is 0 Å². The maximum absolute atomic E-state index is 12.1. The van der Waals surface area contributed by atoms with Crippen molar-refractivity contribution < 1.29 is 14.6 Å². The van der Waals surface area contributed by atoms with Crippen LogP contribution in [-0.2, 0) is 16.8 Å². The maximum atomic E-state index is 12.1. The number of thiophene rings is 1. The Labute approximate surface area is 190 Å². The number of ether oxygens (including phenoxy) is 1. The second kappa shape index (κ2) is 8.83. The number of hydrogen-bond acceptors (Lipinski definition) is 5. The first-order valence-corrected chi connectivity index (χ1v) is 11.2. The number of nitrogens with zero attached hydrogens (tertiary/aromatic N) is 1. The molecule has 1 aliphatic heterocycles. The van der Waals surface area contributed by atoms with E-state index in [2.05, 4.69) is 16.4 Å². The highest BCUT2D eigenvalue weighted by Crippen LogP contribution is 2.42. The van der Waals surface area contributed by atoms with E-state index < -0.39 is 5.60 Å². The average Bonchev–Trinajstić information content (AvgIpc) is 3.39. The average molecular weight is 455 g/mol. The highest BCUT2D eigenvalue weighted by atomic mass is 35.5. The molecule has 0 spiro atoms. The molecule has 1 amide bonds. The number of hydrogen-bond donors (Lipinski definition) is 2. The lowest BCUT2D eigenvalue weighted by molar-refractivity contribution is -0.116. The predicted molar refractivity (Wildman–Crippen MR) is 124 cm³/mol. The fourth-order valence-corrected chi connectivity index (χ4v) is 4.66. The summed E-state index contributed by atoms with van der Waals surface area (Å²) in [5.41, 5.74) is 2.01. The van der Waals surface area contributed by atoms with Crippen molar-refractivity contribution in [2.24, 2.45) is 0 Å². The van der Waals surface area contributed by atoms with Gasteiger partial charge in [-0.1, -0.05) is 17.7 Å². The molecule has 0 saturated carbocycles. The van der Waals surface area contributed by atoms with Crippen LogP contribution >= 0.6 is 22.9 Å². The van der Waals surface area contributed by atoms with E-state index in [0.29, 0.717) is 23.7 Å². The first-order valence-electron chi connectivity index (χ1n) is 9.97. The Hall–Kier alpha value is -2.67. The van der Waals surface area contributed by atoms with Gasteiger partial charge in [-0.2, -0.15) is 0 Å². The van der Waals surface area contributed by atoms with Gasteiger partial charge in [-0.05, 0) is 61.4 Å². The SMILES string of the molecule is CC(C)(O)c1ccc(-c2cc(Cl)c3c(c2)CC(CNC(=O)C=Cc2cccnc2)O3)s1. The number of nitrogens with one attached hydrogen (secondary N) is 1. The van der Waals surface area contributed by atoms with E-state index in [0.717, 1.165) is 26.4 Å². The summed E-state index contributed by atoms with van der Waals surface area (Å²) in [4.78, 5) is 18.1. The van der Waals surface area contributed by atoms with Crippen LogP contribution in [0.1, 0.15) is 29.9 Å². The Bertz CT molecular complexity index is 1120. The van der Waals surface area contributed by atoms with E-state index in [1.54, 1.807) is 43.7 Å². The Kier molecular flexibility index (Phi) is 6.14. The highest BCUT2D eigenvalue weighted by molar-refractivity contribution is 7.15. The Balaban J connectivity index is 1.40. The van der Waals surface area contributed by atoms with Crippen molar-refractivity contribution in [1.82, 2.24) is 10.3 Å². The molecule has 2 aromatic heterocycles. The van der Waals surface area contributed by atoms with Crippen LogP contribution in [0.3, 0.4) is 0 Å². The molecule has 0 aliphatic carbocycles. The van der Waals surface area contributed by atoms with Gasteiger partial charge in [0.2, 0.25) is 5.91 Å². The van der Waals surface area contributed by atoms with Gasteiger partial charge in [-0.25, -0.2) is 0 Å². The Morgan fingerprint density at radius 3 is 2.94 bits per heavy atom. The molecule has 1 aliphatic rings. The predicted octanol–water partition coefficient (Wildman–Crippen LogP) is 4.82. The lowest BCUT2D eigenvalue weighted by Gasteiger charge is -2.14. The van der Waals surface area contributed by atoms with Crippen molar-refractivity contribution in [3.05, 3.63) is 75.9 Å². The van der Waals surface area contributed by atoms with E-state index in [4.69, 9.17) is 16.3 Å². The second-order valence-corrected chi connectivity index (χ2v) is 9.47. The number of halogens is 1. The maximum Gasteiger partial charge on any atom is 0.244 e.